The molecule has 2 amide bonds. The molecule has 0 radical (unpaired) electrons. The minimum absolute atomic E-state index is 0.0384. The first-order valence-corrected chi connectivity index (χ1v) is 8.08. The molecule has 3 saturated heterocycles. The van der Waals surface area contributed by atoms with E-state index in [1.54, 1.807) is 4.90 Å². The first-order chi connectivity index (χ1) is 10.1. The van der Waals surface area contributed by atoms with Crippen molar-refractivity contribution >= 4 is 12.0 Å². The molecule has 6 heteroatoms. The van der Waals surface area contributed by atoms with E-state index in [9.17, 15) is 9.59 Å². The predicted molar refractivity (Wildman–Crippen MR) is 78.1 cm³/mol. The average molecular weight is 295 g/mol. The molecule has 3 aliphatic rings. The molecule has 3 aliphatic heterocycles. The van der Waals surface area contributed by atoms with Gasteiger partial charge in [0.05, 0.1) is 5.92 Å². The molecule has 3 heterocycles. The zero-order chi connectivity index (χ0) is 15.0. The Bertz CT molecular complexity index is 428. The van der Waals surface area contributed by atoms with Crippen LogP contribution in [0.15, 0.2) is 0 Å². The maximum absolute atomic E-state index is 12.7. The van der Waals surface area contributed by atoms with E-state index in [4.69, 9.17) is 5.11 Å². The molecule has 6 nitrogen and oxygen atoms in total. The molecule has 21 heavy (non-hydrogen) atoms. The van der Waals surface area contributed by atoms with E-state index in [0.29, 0.717) is 25.6 Å². The van der Waals surface area contributed by atoms with Gasteiger partial charge in [0.2, 0.25) is 0 Å². The second-order valence-electron chi connectivity index (χ2n) is 6.70. The van der Waals surface area contributed by atoms with Gasteiger partial charge < -0.3 is 14.9 Å². The highest BCUT2D eigenvalue weighted by Crippen LogP contribution is 2.26. The molecule has 1 N–H and O–H groups in total. The largest absolute Gasteiger partial charge is 0.481 e. The molecule has 0 spiro atoms. The number of piperazine rings is 1. The number of carboxylic acid groups (broad SMARTS) is 1. The van der Waals surface area contributed by atoms with Gasteiger partial charge in [-0.25, -0.2) is 4.79 Å². The minimum Gasteiger partial charge on any atom is -0.481 e. The lowest BCUT2D eigenvalue weighted by Gasteiger charge is -2.48. The van der Waals surface area contributed by atoms with Crippen molar-refractivity contribution in [2.24, 2.45) is 5.92 Å². The summed E-state index contributed by atoms with van der Waals surface area (Å²) in [6.45, 7) is 5.95. The summed E-state index contributed by atoms with van der Waals surface area (Å²) in [5.41, 5.74) is 0. The van der Waals surface area contributed by atoms with Crippen molar-refractivity contribution in [2.45, 2.75) is 44.7 Å². The first-order valence-electron chi connectivity index (χ1n) is 8.08. The van der Waals surface area contributed by atoms with E-state index in [1.807, 2.05) is 4.90 Å². The summed E-state index contributed by atoms with van der Waals surface area (Å²) in [6, 6.07) is 0.754. The van der Waals surface area contributed by atoms with Gasteiger partial charge in [0.1, 0.15) is 0 Å². The Morgan fingerprint density at radius 3 is 2.57 bits per heavy atom. The molecule has 0 aromatic heterocycles. The molecule has 3 fully saturated rings. The normalized spacial score (nSPS) is 33.9. The fraction of sp³-hybridized carbons (Fsp3) is 0.867. The van der Waals surface area contributed by atoms with Gasteiger partial charge in [-0.2, -0.15) is 0 Å². The molecule has 0 bridgehead atoms. The number of amides is 2. The minimum atomic E-state index is -0.782. The Hall–Kier alpha value is -1.30. The van der Waals surface area contributed by atoms with E-state index in [1.165, 1.54) is 19.3 Å². The SMILES string of the molecule is CC1CN2CCCCC2CN1C(=O)N1CCC(C(=O)O)C1. The van der Waals surface area contributed by atoms with Crippen LogP contribution in [0.5, 0.6) is 0 Å². The molecule has 0 aromatic rings. The van der Waals surface area contributed by atoms with Gasteiger partial charge in [0.25, 0.3) is 0 Å². The number of rotatable bonds is 1. The molecular weight excluding hydrogens is 270 g/mol. The fourth-order valence-electron chi connectivity index (χ4n) is 3.94. The average Bonchev–Trinajstić information content (AvgIpc) is 2.96. The van der Waals surface area contributed by atoms with E-state index < -0.39 is 5.97 Å². The number of carbonyl (C=O) groups excluding carboxylic acids is 1. The summed E-state index contributed by atoms with van der Waals surface area (Å²) in [5.74, 6) is -1.17. The van der Waals surface area contributed by atoms with Crippen LogP contribution in [0.2, 0.25) is 0 Å². The Labute approximate surface area is 125 Å². The Kier molecular flexibility index (Phi) is 4.06. The number of likely N-dealkylation sites (tertiary alicyclic amines) is 1. The lowest BCUT2D eigenvalue weighted by molar-refractivity contribution is -0.141. The summed E-state index contributed by atoms with van der Waals surface area (Å²) >= 11 is 0. The van der Waals surface area contributed by atoms with Crippen molar-refractivity contribution in [1.29, 1.82) is 0 Å². The summed E-state index contributed by atoms with van der Waals surface area (Å²) in [4.78, 5) is 29.9. The van der Waals surface area contributed by atoms with Crippen LogP contribution in [-0.4, -0.2) is 76.6 Å². The van der Waals surface area contributed by atoms with Crippen LogP contribution < -0.4 is 0 Å². The van der Waals surface area contributed by atoms with Gasteiger partial charge >= 0.3 is 12.0 Å². The highest BCUT2D eigenvalue weighted by Gasteiger charge is 2.39. The summed E-state index contributed by atoms with van der Waals surface area (Å²) in [6.07, 6.45) is 4.28. The van der Waals surface area contributed by atoms with Crippen molar-refractivity contribution in [3.05, 3.63) is 0 Å². The summed E-state index contributed by atoms with van der Waals surface area (Å²) in [7, 11) is 0. The fourth-order valence-corrected chi connectivity index (χ4v) is 3.94. The molecule has 3 unspecified atom stereocenters. The first kappa shape index (κ1) is 14.6. The van der Waals surface area contributed by atoms with Crippen LogP contribution in [0.25, 0.3) is 0 Å². The van der Waals surface area contributed by atoms with Crippen LogP contribution in [0.4, 0.5) is 4.79 Å². The van der Waals surface area contributed by atoms with Crippen molar-refractivity contribution in [2.75, 3.05) is 32.7 Å². The van der Waals surface area contributed by atoms with E-state index >= 15 is 0 Å². The number of urea groups is 1. The zero-order valence-corrected chi connectivity index (χ0v) is 12.7. The highest BCUT2D eigenvalue weighted by molar-refractivity contribution is 5.78. The number of aliphatic carboxylic acids is 1. The predicted octanol–water partition coefficient (Wildman–Crippen LogP) is 1.07. The van der Waals surface area contributed by atoms with Gasteiger partial charge in [-0.1, -0.05) is 6.42 Å². The van der Waals surface area contributed by atoms with Crippen LogP contribution in [0.1, 0.15) is 32.6 Å². The molecule has 118 valence electrons. The van der Waals surface area contributed by atoms with E-state index in [2.05, 4.69) is 11.8 Å². The highest BCUT2D eigenvalue weighted by atomic mass is 16.4. The maximum Gasteiger partial charge on any atom is 0.320 e. The van der Waals surface area contributed by atoms with Gasteiger partial charge in [0, 0.05) is 38.3 Å². The van der Waals surface area contributed by atoms with E-state index in [0.717, 1.165) is 19.6 Å². The lowest BCUT2D eigenvalue weighted by atomic mass is 9.97. The van der Waals surface area contributed by atoms with Crippen LogP contribution >= 0.6 is 0 Å². The van der Waals surface area contributed by atoms with Crippen molar-refractivity contribution in [1.82, 2.24) is 14.7 Å². The van der Waals surface area contributed by atoms with E-state index in [-0.39, 0.29) is 18.0 Å². The smallest absolute Gasteiger partial charge is 0.320 e. The van der Waals surface area contributed by atoms with Crippen LogP contribution in [0, 0.1) is 5.92 Å². The lowest BCUT2D eigenvalue weighted by Crippen LogP contribution is -2.62. The van der Waals surface area contributed by atoms with Gasteiger partial charge in [-0.15, -0.1) is 0 Å². The number of hydrogen-bond acceptors (Lipinski definition) is 3. The Balaban J connectivity index is 1.63. The molecule has 0 aromatic carbocycles. The number of fused-ring (bicyclic) bond motifs is 1. The van der Waals surface area contributed by atoms with Gasteiger partial charge in [0.15, 0.2) is 0 Å². The van der Waals surface area contributed by atoms with Crippen LogP contribution in [0.3, 0.4) is 0 Å². The molecular formula is C15H25N3O3. The topological polar surface area (TPSA) is 64.1 Å². The maximum atomic E-state index is 12.7. The van der Waals surface area contributed by atoms with Crippen molar-refractivity contribution in [3.63, 3.8) is 0 Å². The second-order valence-corrected chi connectivity index (χ2v) is 6.70. The molecule has 0 saturated carbocycles. The quantitative estimate of drug-likeness (QED) is 0.786. The standard InChI is InChI=1S/C15H25N3O3/c1-11-8-16-6-3-2-4-13(16)10-18(11)15(21)17-7-5-12(9-17)14(19)20/h11-13H,2-10H2,1H3,(H,19,20). The Morgan fingerprint density at radius 2 is 1.86 bits per heavy atom. The molecule has 3 atom stereocenters. The number of carbonyl (C=O) groups is 2. The number of hydrogen-bond donors (Lipinski definition) is 1. The van der Waals surface area contributed by atoms with Crippen molar-refractivity contribution < 1.29 is 14.7 Å². The van der Waals surface area contributed by atoms with Gasteiger partial charge in [-0.3, -0.25) is 9.69 Å². The Morgan fingerprint density at radius 1 is 1.05 bits per heavy atom. The van der Waals surface area contributed by atoms with Crippen LogP contribution in [-0.2, 0) is 4.79 Å². The van der Waals surface area contributed by atoms with Gasteiger partial charge in [-0.05, 0) is 32.7 Å². The number of piperidine rings is 1. The molecule has 3 rings (SSSR count). The van der Waals surface area contributed by atoms with Crippen molar-refractivity contribution in [3.8, 4) is 0 Å². The third-order valence-corrected chi connectivity index (χ3v) is 5.24. The second kappa shape index (κ2) is 5.83. The molecule has 0 aliphatic carbocycles. The monoisotopic (exact) mass is 295 g/mol. The number of carboxylic acids is 1. The summed E-state index contributed by atoms with van der Waals surface area (Å²) < 4.78 is 0. The zero-order valence-electron chi connectivity index (χ0n) is 12.7. The third-order valence-electron chi connectivity index (χ3n) is 5.24. The third kappa shape index (κ3) is 2.86. The number of nitrogens with zero attached hydrogens (tertiary/aromatic N) is 3. The summed E-state index contributed by atoms with van der Waals surface area (Å²) in [5, 5.41) is 9.07.